The van der Waals surface area contributed by atoms with Crippen LogP contribution in [-0.2, 0) is 6.18 Å². The van der Waals surface area contributed by atoms with Crippen molar-refractivity contribution in [3.63, 3.8) is 0 Å². The van der Waals surface area contributed by atoms with Crippen molar-refractivity contribution in [2.45, 2.75) is 13.1 Å². The largest absolute Gasteiger partial charge is 0.508 e. The number of hydrogen-bond donors (Lipinski definition) is 1. The molecular weight excluding hydrogens is 237 g/mol. The molecule has 1 aromatic rings. The highest BCUT2D eigenvalue weighted by Crippen LogP contribution is 2.26. The quantitative estimate of drug-likeness (QED) is 0.760. The Labute approximate surface area is 93.8 Å². The average molecular weight is 246 g/mol. The fraction of sp³-hybridized carbons (Fsp3) is 0.182. The maximum atomic E-state index is 12.4. The van der Waals surface area contributed by atoms with Crippen molar-refractivity contribution in [2.24, 2.45) is 0 Å². The van der Waals surface area contributed by atoms with E-state index in [0.717, 1.165) is 6.08 Å². The number of hydrogen-bond acceptors (Lipinski definition) is 3. The van der Waals surface area contributed by atoms with E-state index < -0.39 is 23.1 Å². The first-order valence-electron chi connectivity index (χ1n) is 4.53. The number of allylic oxidation sites excluding steroid dienone is 1. The van der Waals surface area contributed by atoms with Crippen molar-refractivity contribution in [3.05, 3.63) is 45.0 Å². The minimum Gasteiger partial charge on any atom is -0.508 e. The molecule has 0 unspecified atom stereocenters. The summed E-state index contributed by atoms with van der Waals surface area (Å²) in [5.41, 5.74) is -1.21. The molecule has 6 heteroatoms. The van der Waals surface area contributed by atoms with Crippen molar-refractivity contribution in [2.75, 3.05) is 0 Å². The Morgan fingerprint density at radius 2 is 2.12 bits per heavy atom. The molecule has 0 saturated carbocycles. The van der Waals surface area contributed by atoms with Gasteiger partial charge >= 0.3 is 6.18 Å². The van der Waals surface area contributed by atoms with E-state index in [1.165, 1.54) is 13.0 Å². The van der Waals surface area contributed by atoms with Crippen molar-refractivity contribution in [1.29, 1.82) is 0 Å². The Kier molecular flexibility index (Phi) is 3.45. The van der Waals surface area contributed by atoms with Gasteiger partial charge in [0.2, 0.25) is 5.76 Å². The average Bonchev–Trinajstić information content (AvgIpc) is 2.14. The second-order valence-corrected chi connectivity index (χ2v) is 3.17. The predicted molar refractivity (Wildman–Crippen MR) is 55.6 cm³/mol. The van der Waals surface area contributed by atoms with Gasteiger partial charge in [-0.3, -0.25) is 4.79 Å². The fourth-order valence-electron chi connectivity index (χ4n) is 1.20. The van der Waals surface area contributed by atoms with Gasteiger partial charge in [0, 0.05) is 12.1 Å². The van der Waals surface area contributed by atoms with Crippen LogP contribution in [0.25, 0.3) is 12.2 Å². The molecule has 0 amide bonds. The van der Waals surface area contributed by atoms with Gasteiger partial charge in [-0.05, 0) is 6.92 Å². The van der Waals surface area contributed by atoms with E-state index in [0.29, 0.717) is 6.07 Å². The third-order valence-corrected chi connectivity index (χ3v) is 1.88. The molecule has 0 aromatic carbocycles. The Bertz CT molecular complexity index is 608. The molecule has 0 fully saturated rings. The summed E-state index contributed by atoms with van der Waals surface area (Å²) in [5.74, 6) is -1.92. The second kappa shape index (κ2) is 4.48. The standard InChI is InChI=1S/C11H9F3O3/c1-3-7-8(16)5-10(11(12,13)14)17-9(7)4-6(2)15/h3-5,15H,2H2,1H3/b7-3-,9-4+. The topological polar surface area (TPSA) is 50.4 Å². The summed E-state index contributed by atoms with van der Waals surface area (Å²) in [7, 11) is 0. The molecule has 0 saturated heterocycles. The number of alkyl halides is 3. The summed E-state index contributed by atoms with van der Waals surface area (Å²) >= 11 is 0. The summed E-state index contributed by atoms with van der Waals surface area (Å²) in [5, 5.41) is 8.84. The Balaban J connectivity index is 3.76. The van der Waals surface area contributed by atoms with E-state index in [4.69, 9.17) is 5.11 Å². The van der Waals surface area contributed by atoms with Crippen LogP contribution in [0.1, 0.15) is 12.7 Å². The third-order valence-electron chi connectivity index (χ3n) is 1.88. The van der Waals surface area contributed by atoms with Crippen molar-refractivity contribution in [1.82, 2.24) is 0 Å². The first-order valence-corrected chi connectivity index (χ1v) is 4.53. The summed E-state index contributed by atoms with van der Waals surface area (Å²) < 4.78 is 41.7. The maximum absolute atomic E-state index is 12.4. The zero-order valence-electron chi connectivity index (χ0n) is 8.84. The molecule has 1 rings (SSSR count). The van der Waals surface area contributed by atoms with Gasteiger partial charge in [-0.25, -0.2) is 0 Å². The molecule has 1 aromatic heterocycles. The van der Waals surface area contributed by atoms with Gasteiger partial charge in [-0.1, -0.05) is 12.7 Å². The van der Waals surface area contributed by atoms with Crippen LogP contribution in [0.2, 0.25) is 0 Å². The lowest BCUT2D eigenvalue weighted by molar-refractivity contribution is -0.154. The van der Waals surface area contributed by atoms with Crippen LogP contribution in [0.5, 0.6) is 0 Å². The van der Waals surface area contributed by atoms with Gasteiger partial charge in [0.25, 0.3) is 0 Å². The highest BCUT2D eigenvalue weighted by molar-refractivity contribution is 5.39. The van der Waals surface area contributed by atoms with Crippen molar-refractivity contribution >= 4 is 12.2 Å². The molecule has 0 spiro atoms. The zero-order valence-corrected chi connectivity index (χ0v) is 8.84. The van der Waals surface area contributed by atoms with Gasteiger partial charge in [0.1, 0.15) is 11.2 Å². The van der Waals surface area contributed by atoms with Crippen molar-refractivity contribution in [3.8, 4) is 0 Å². The van der Waals surface area contributed by atoms with E-state index in [9.17, 15) is 18.0 Å². The summed E-state index contributed by atoms with van der Waals surface area (Å²) in [6.07, 6.45) is -2.61. The molecule has 0 aliphatic heterocycles. The SMILES string of the molecule is C=C(O)/C=c1/oc(C(F)(F)F)cc(=O)/c1=C/C. The Morgan fingerprint density at radius 3 is 2.53 bits per heavy atom. The van der Waals surface area contributed by atoms with Gasteiger partial charge in [0.05, 0.1) is 5.22 Å². The van der Waals surface area contributed by atoms with Crippen LogP contribution < -0.4 is 16.1 Å². The van der Waals surface area contributed by atoms with Gasteiger partial charge in [0.15, 0.2) is 5.43 Å². The van der Waals surface area contributed by atoms with Gasteiger partial charge in [-0.2, -0.15) is 13.2 Å². The monoisotopic (exact) mass is 246 g/mol. The van der Waals surface area contributed by atoms with Crippen LogP contribution in [0.3, 0.4) is 0 Å². The molecule has 0 aliphatic carbocycles. The lowest BCUT2D eigenvalue weighted by atomic mass is 10.3. The fourth-order valence-corrected chi connectivity index (χ4v) is 1.20. The maximum Gasteiger partial charge on any atom is 0.449 e. The molecule has 0 atom stereocenters. The van der Waals surface area contributed by atoms with Crippen LogP contribution >= 0.6 is 0 Å². The zero-order chi connectivity index (χ0) is 13.2. The molecular formula is C11H9F3O3. The molecule has 0 radical (unpaired) electrons. The molecule has 0 aliphatic rings. The third kappa shape index (κ3) is 2.99. The molecule has 0 bridgehead atoms. The van der Waals surface area contributed by atoms with Crippen LogP contribution in [0.4, 0.5) is 13.2 Å². The number of rotatable bonds is 1. The number of aliphatic hydroxyl groups is 1. The van der Waals surface area contributed by atoms with E-state index in [2.05, 4.69) is 11.0 Å². The first kappa shape index (κ1) is 13.1. The first-order chi connectivity index (χ1) is 7.75. The van der Waals surface area contributed by atoms with E-state index in [1.807, 2.05) is 0 Å². The molecule has 1 N–H and O–H groups in total. The normalized spacial score (nSPS) is 14.1. The van der Waals surface area contributed by atoms with Gasteiger partial charge < -0.3 is 9.52 Å². The van der Waals surface area contributed by atoms with Crippen LogP contribution in [0, 0.1) is 0 Å². The Hall–Kier alpha value is -1.98. The highest BCUT2D eigenvalue weighted by atomic mass is 19.4. The predicted octanol–water partition coefficient (Wildman–Crippen LogP) is 1.31. The van der Waals surface area contributed by atoms with Crippen molar-refractivity contribution < 1.29 is 22.7 Å². The lowest BCUT2D eigenvalue weighted by Gasteiger charge is -2.04. The van der Waals surface area contributed by atoms with Gasteiger partial charge in [-0.15, -0.1) is 0 Å². The van der Waals surface area contributed by atoms with Crippen LogP contribution in [-0.4, -0.2) is 5.11 Å². The van der Waals surface area contributed by atoms with Crippen LogP contribution in [0.15, 0.2) is 27.6 Å². The Morgan fingerprint density at radius 1 is 1.53 bits per heavy atom. The highest BCUT2D eigenvalue weighted by Gasteiger charge is 2.34. The minimum absolute atomic E-state index is 0.0619. The summed E-state index contributed by atoms with van der Waals surface area (Å²) in [6.45, 7) is 4.56. The second-order valence-electron chi connectivity index (χ2n) is 3.17. The molecule has 92 valence electrons. The molecule has 1 heterocycles. The molecule has 17 heavy (non-hydrogen) atoms. The van der Waals surface area contributed by atoms with E-state index in [1.54, 1.807) is 0 Å². The summed E-state index contributed by atoms with van der Waals surface area (Å²) in [4.78, 5) is 11.4. The smallest absolute Gasteiger partial charge is 0.449 e. The number of aliphatic hydroxyl groups excluding tert-OH is 1. The minimum atomic E-state index is -4.76. The number of halogens is 3. The summed E-state index contributed by atoms with van der Waals surface area (Å²) in [6, 6.07) is 0.368. The van der Waals surface area contributed by atoms with E-state index >= 15 is 0 Å². The van der Waals surface area contributed by atoms with E-state index in [-0.39, 0.29) is 10.6 Å². The lowest BCUT2D eigenvalue weighted by Crippen LogP contribution is -2.39. The molecule has 3 nitrogen and oxygen atoms in total.